The van der Waals surface area contributed by atoms with Crippen molar-refractivity contribution in [1.29, 1.82) is 0 Å². The largest absolute Gasteiger partial charge is 0.395 e. The van der Waals surface area contributed by atoms with Gasteiger partial charge in [-0.25, -0.2) is 0 Å². The van der Waals surface area contributed by atoms with E-state index in [4.69, 9.17) is 0 Å². The van der Waals surface area contributed by atoms with Gasteiger partial charge in [0.2, 0.25) is 23.8 Å². The van der Waals surface area contributed by atoms with Gasteiger partial charge in [-0.2, -0.15) is 10.3 Å². The normalized spacial score (nSPS) is 34.7. The highest BCUT2D eigenvalue weighted by Gasteiger charge is 2.72. The second-order valence-electron chi connectivity index (χ2n) is 5.85. The fourth-order valence-corrected chi connectivity index (χ4v) is 3.67. The number of hydrogen-bond donors (Lipinski definition) is 3. The molecule has 3 unspecified atom stereocenters. The molecule has 0 aromatic heterocycles. The molecule has 2 bridgehead atoms. The number of carbonyl (C=O) groups excluding carboxylic acids is 1. The second kappa shape index (κ2) is 5.34. The Morgan fingerprint density at radius 3 is 2.70 bits per heavy atom. The van der Waals surface area contributed by atoms with E-state index in [2.05, 4.69) is 0 Å². The SMILES string of the molecule is CCC(=O)C1(N2C3=C[N+]2(O)C(CC)N3O)C=CC=CN1CCO. The average Bonchev–Trinajstić information content (AvgIpc) is 2.91. The molecule has 126 valence electrons. The minimum Gasteiger partial charge on any atom is -0.395 e. The van der Waals surface area contributed by atoms with Crippen LogP contribution in [0, 0.1) is 0 Å². The first-order valence-corrected chi connectivity index (χ1v) is 7.87. The fraction of sp³-hybridized carbons (Fsp3) is 0.533. The number of rotatable bonds is 6. The van der Waals surface area contributed by atoms with Crippen LogP contribution in [0.2, 0.25) is 0 Å². The van der Waals surface area contributed by atoms with Crippen LogP contribution in [-0.2, 0) is 4.79 Å². The number of hydroxylamine groups is 4. The molecule has 23 heavy (non-hydrogen) atoms. The third kappa shape index (κ3) is 1.83. The first-order valence-electron chi connectivity index (χ1n) is 7.87. The fourth-order valence-electron chi connectivity index (χ4n) is 3.67. The molecule has 0 radical (unpaired) electrons. The smallest absolute Gasteiger partial charge is 0.249 e. The van der Waals surface area contributed by atoms with Crippen molar-refractivity contribution in [1.82, 2.24) is 15.0 Å². The number of fused-ring (bicyclic) bond motifs is 1. The summed E-state index contributed by atoms with van der Waals surface area (Å²) in [4.78, 5) is 14.6. The monoisotopic (exact) mass is 323 g/mol. The molecule has 1 saturated heterocycles. The molecule has 1 fully saturated rings. The summed E-state index contributed by atoms with van der Waals surface area (Å²) in [5.41, 5.74) is -1.27. The van der Waals surface area contributed by atoms with Crippen LogP contribution in [0.25, 0.3) is 0 Å². The van der Waals surface area contributed by atoms with Crippen LogP contribution < -0.4 is 0 Å². The Kier molecular flexibility index (Phi) is 3.72. The number of quaternary nitrogens is 1. The molecule has 4 rings (SSSR count). The summed E-state index contributed by atoms with van der Waals surface area (Å²) >= 11 is 0. The second-order valence-corrected chi connectivity index (χ2v) is 5.85. The summed E-state index contributed by atoms with van der Waals surface area (Å²) in [5, 5.41) is 33.1. The van der Waals surface area contributed by atoms with Gasteiger partial charge >= 0.3 is 0 Å². The summed E-state index contributed by atoms with van der Waals surface area (Å²) < 4.78 is -0.645. The van der Waals surface area contributed by atoms with Crippen LogP contribution in [-0.4, -0.2) is 66.0 Å². The average molecular weight is 323 g/mol. The maximum absolute atomic E-state index is 12.9. The van der Waals surface area contributed by atoms with Crippen molar-refractivity contribution in [3.05, 3.63) is 36.4 Å². The van der Waals surface area contributed by atoms with E-state index in [1.165, 1.54) is 11.2 Å². The van der Waals surface area contributed by atoms with Crippen molar-refractivity contribution < 1.29 is 25.1 Å². The van der Waals surface area contributed by atoms with Crippen LogP contribution in [0.5, 0.6) is 0 Å². The molecule has 0 aromatic rings. The minimum absolute atomic E-state index is 0.126. The number of allylic oxidation sites excluding steroid dienone is 2. The summed E-state index contributed by atoms with van der Waals surface area (Å²) in [6.45, 7) is 3.72. The van der Waals surface area contributed by atoms with Gasteiger partial charge in [0.05, 0.1) is 6.61 Å². The summed E-state index contributed by atoms with van der Waals surface area (Å²) in [5.74, 6) is 0.267. The van der Waals surface area contributed by atoms with Crippen molar-refractivity contribution >= 4 is 5.78 Å². The van der Waals surface area contributed by atoms with E-state index in [9.17, 15) is 20.3 Å². The van der Waals surface area contributed by atoms with Crippen molar-refractivity contribution in [2.24, 2.45) is 0 Å². The Morgan fingerprint density at radius 2 is 2.13 bits per heavy atom. The van der Waals surface area contributed by atoms with Crippen molar-refractivity contribution in [3.63, 3.8) is 0 Å². The number of carbonyl (C=O) groups is 1. The molecule has 0 aromatic carbocycles. The molecule has 0 saturated carbocycles. The van der Waals surface area contributed by atoms with Gasteiger partial charge in [-0.1, -0.05) is 19.9 Å². The molecule has 4 aliphatic heterocycles. The summed E-state index contributed by atoms with van der Waals surface area (Å²) in [6.07, 6.45) is 8.64. The highest BCUT2D eigenvalue weighted by atomic mass is 16.7. The summed E-state index contributed by atoms with van der Waals surface area (Å²) in [7, 11) is 0. The lowest BCUT2D eigenvalue weighted by Gasteiger charge is -2.51. The van der Waals surface area contributed by atoms with E-state index in [-0.39, 0.29) is 25.4 Å². The van der Waals surface area contributed by atoms with Crippen molar-refractivity contribution in [2.75, 3.05) is 13.2 Å². The maximum atomic E-state index is 12.9. The Bertz CT molecular complexity index is 604. The maximum Gasteiger partial charge on any atom is 0.249 e. The van der Waals surface area contributed by atoms with Crippen molar-refractivity contribution in [2.45, 2.75) is 38.5 Å². The van der Waals surface area contributed by atoms with E-state index in [1.807, 2.05) is 6.92 Å². The van der Waals surface area contributed by atoms with Gasteiger partial charge in [0.1, 0.15) is 0 Å². The molecule has 3 atom stereocenters. The molecular formula is C15H23N4O4+. The van der Waals surface area contributed by atoms with Gasteiger partial charge < -0.3 is 10.0 Å². The minimum atomic E-state index is -1.27. The van der Waals surface area contributed by atoms with Gasteiger partial charge in [0.25, 0.3) is 0 Å². The van der Waals surface area contributed by atoms with Gasteiger partial charge in [-0.15, -0.1) is 5.01 Å². The molecule has 0 amide bonds. The van der Waals surface area contributed by atoms with E-state index in [1.54, 1.807) is 36.3 Å². The van der Waals surface area contributed by atoms with Gasteiger partial charge in [-0.05, 0) is 16.9 Å². The number of Topliss-reactive ketones (excluding diaryl/α,β-unsaturated/α-hetero) is 1. The lowest BCUT2D eigenvalue weighted by atomic mass is 9.95. The lowest BCUT2D eigenvalue weighted by molar-refractivity contribution is -1.18. The van der Waals surface area contributed by atoms with E-state index in [0.29, 0.717) is 12.2 Å². The molecule has 8 heteroatoms. The standard InChI is InChI=1S/C15H23N4O4/c1-3-12(21)15(7-5-6-8-16(15)9-10-20)18-13-11-19(18,23)14(4-2)17(13)22/h5-8,11,14,20,22-23H,3-4,9-10H2,1-2H3/q+1. The zero-order valence-electron chi connectivity index (χ0n) is 13.3. The number of β-amino-alcohol motifs (C(OH)–C–C–N with tert-alkyl or cyclic N) is 1. The first-order chi connectivity index (χ1) is 11.0. The highest BCUT2D eigenvalue weighted by molar-refractivity contribution is 5.90. The van der Waals surface area contributed by atoms with E-state index in [0.717, 1.165) is 5.06 Å². The van der Waals surface area contributed by atoms with Gasteiger partial charge in [-0.3, -0.25) is 10.0 Å². The molecule has 4 heterocycles. The first kappa shape index (κ1) is 16.0. The van der Waals surface area contributed by atoms with Crippen LogP contribution >= 0.6 is 0 Å². The predicted octanol–water partition coefficient (Wildman–Crippen LogP) is 0.716. The van der Waals surface area contributed by atoms with E-state index >= 15 is 0 Å². The number of aliphatic hydroxyl groups excluding tert-OH is 1. The zero-order chi connectivity index (χ0) is 16.8. The summed E-state index contributed by atoms with van der Waals surface area (Å²) in [6, 6.07) is 0. The van der Waals surface area contributed by atoms with Crippen LogP contribution in [0.4, 0.5) is 0 Å². The third-order valence-electron chi connectivity index (χ3n) is 4.70. The molecule has 0 spiro atoms. The Morgan fingerprint density at radius 1 is 1.39 bits per heavy atom. The molecule has 0 aliphatic carbocycles. The Labute approximate surface area is 134 Å². The lowest BCUT2D eigenvalue weighted by Crippen LogP contribution is -2.74. The van der Waals surface area contributed by atoms with Gasteiger partial charge in [0, 0.05) is 25.6 Å². The van der Waals surface area contributed by atoms with Crippen molar-refractivity contribution in [3.8, 4) is 0 Å². The molecule has 4 aliphatic rings. The number of nitrogens with zero attached hydrogens (tertiary/aromatic N) is 4. The Balaban J connectivity index is 2.09. The Hall–Kier alpha value is -1.87. The number of ketones is 1. The highest BCUT2D eigenvalue weighted by Crippen LogP contribution is 2.51. The predicted molar refractivity (Wildman–Crippen MR) is 79.8 cm³/mol. The van der Waals surface area contributed by atoms with Crippen LogP contribution in [0.3, 0.4) is 0 Å². The van der Waals surface area contributed by atoms with E-state index < -0.39 is 16.6 Å². The molecule has 8 nitrogen and oxygen atoms in total. The quantitative estimate of drug-likeness (QED) is 0.621. The zero-order valence-corrected chi connectivity index (χ0v) is 13.3. The van der Waals surface area contributed by atoms with Crippen LogP contribution in [0.15, 0.2) is 36.4 Å². The van der Waals surface area contributed by atoms with Gasteiger partial charge in [0.15, 0.2) is 5.78 Å². The molecular weight excluding hydrogens is 300 g/mol. The number of hydrogen-bond acceptors (Lipinski definition) is 7. The third-order valence-corrected chi connectivity index (χ3v) is 4.70. The topological polar surface area (TPSA) is 87.5 Å². The van der Waals surface area contributed by atoms with Crippen LogP contribution in [0.1, 0.15) is 26.7 Å². The number of aliphatic hydroxyl groups is 1. The molecule has 3 N–H and O–H groups in total.